The van der Waals surface area contributed by atoms with E-state index in [2.05, 4.69) is 10.1 Å². The van der Waals surface area contributed by atoms with Gasteiger partial charge in [0.1, 0.15) is 0 Å². The third kappa shape index (κ3) is 2.82. The lowest BCUT2D eigenvalue weighted by Crippen LogP contribution is -2.31. The predicted molar refractivity (Wildman–Crippen MR) is 63.1 cm³/mol. The largest absolute Gasteiger partial charge is 0.480 e. The normalized spacial score (nSPS) is 15.0. The Morgan fingerprint density at radius 3 is 3.00 bits per heavy atom. The third-order valence-electron chi connectivity index (χ3n) is 2.95. The number of carbonyl (C=O) groups is 1. The fourth-order valence-electron chi connectivity index (χ4n) is 1.93. The van der Waals surface area contributed by atoms with Crippen LogP contribution in [0.3, 0.4) is 0 Å². The molecule has 0 amide bonds. The Morgan fingerprint density at radius 1 is 1.53 bits per heavy atom. The Bertz CT molecular complexity index is 559. The number of furan rings is 1. The van der Waals surface area contributed by atoms with Gasteiger partial charge in [0.25, 0.3) is 0 Å². The van der Waals surface area contributed by atoms with Crippen molar-refractivity contribution in [3.05, 3.63) is 24.3 Å². The molecule has 100 valence electrons. The maximum atomic E-state index is 10.8. The number of hydrogen-bond donors (Lipinski definition) is 1. The summed E-state index contributed by atoms with van der Waals surface area (Å²) < 4.78 is 10.3. The molecule has 1 saturated carbocycles. The number of aliphatic carboxylic acids is 1. The van der Waals surface area contributed by atoms with E-state index in [0.717, 1.165) is 12.8 Å². The summed E-state index contributed by atoms with van der Waals surface area (Å²) in [5.41, 5.74) is 0. The van der Waals surface area contributed by atoms with Gasteiger partial charge in [0.15, 0.2) is 5.76 Å². The lowest BCUT2D eigenvalue weighted by Gasteiger charge is -2.16. The average Bonchev–Trinajstić information content (AvgIpc) is 2.89. The summed E-state index contributed by atoms with van der Waals surface area (Å²) in [5.74, 6) is 0.467. The maximum Gasteiger partial charge on any atom is 0.317 e. The Labute approximate surface area is 108 Å². The van der Waals surface area contributed by atoms with Gasteiger partial charge in [-0.25, -0.2) is 0 Å². The first-order chi connectivity index (χ1) is 9.22. The second-order valence-corrected chi connectivity index (χ2v) is 4.52. The topological polar surface area (TPSA) is 92.6 Å². The molecule has 0 unspecified atom stereocenters. The molecular weight excluding hydrogens is 250 g/mol. The van der Waals surface area contributed by atoms with Gasteiger partial charge in [-0.2, -0.15) is 4.98 Å². The summed E-state index contributed by atoms with van der Waals surface area (Å²) in [6.07, 6.45) is 3.57. The molecule has 0 spiro atoms. The van der Waals surface area contributed by atoms with Crippen molar-refractivity contribution in [3.63, 3.8) is 0 Å². The van der Waals surface area contributed by atoms with Crippen molar-refractivity contribution in [2.75, 3.05) is 6.54 Å². The van der Waals surface area contributed by atoms with Gasteiger partial charge in [0, 0.05) is 6.04 Å². The van der Waals surface area contributed by atoms with Crippen molar-refractivity contribution in [2.45, 2.75) is 25.4 Å². The lowest BCUT2D eigenvalue weighted by molar-refractivity contribution is -0.138. The van der Waals surface area contributed by atoms with Crippen LogP contribution < -0.4 is 0 Å². The molecule has 0 atom stereocenters. The highest BCUT2D eigenvalue weighted by Gasteiger charge is 2.31. The van der Waals surface area contributed by atoms with Gasteiger partial charge in [0.05, 0.1) is 19.4 Å². The number of rotatable bonds is 6. The first kappa shape index (κ1) is 11.9. The molecule has 3 rings (SSSR count). The van der Waals surface area contributed by atoms with E-state index in [9.17, 15) is 4.79 Å². The molecule has 1 N–H and O–H groups in total. The molecule has 1 aliphatic carbocycles. The van der Waals surface area contributed by atoms with E-state index in [-0.39, 0.29) is 6.54 Å². The van der Waals surface area contributed by atoms with Crippen LogP contribution in [0.4, 0.5) is 0 Å². The Hall–Kier alpha value is -2.15. The first-order valence-corrected chi connectivity index (χ1v) is 6.04. The van der Waals surface area contributed by atoms with Gasteiger partial charge in [-0.05, 0) is 25.0 Å². The Kier molecular flexibility index (Phi) is 3.04. The minimum Gasteiger partial charge on any atom is -0.480 e. The van der Waals surface area contributed by atoms with Crippen LogP contribution in [-0.4, -0.2) is 38.7 Å². The summed E-state index contributed by atoms with van der Waals surface area (Å²) >= 11 is 0. The third-order valence-corrected chi connectivity index (χ3v) is 2.95. The zero-order valence-corrected chi connectivity index (χ0v) is 10.2. The quantitative estimate of drug-likeness (QED) is 0.841. The van der Waals surface area contributed by atoms with Crippen molar-refractivity contribution in [1.29, 1.82) is 0 Å². The molecule has 0 bridgehead atoms. The van der Waals surface area contributed by atoms with Gasteiger partial charge in [-0.15, -0.1) is 0 Å². The summed E-state index contributed by atoms with van der Waals surface area (Å²) in [5, 5.41) is 12.7. The average molecular weight is 263 g/mol. The molecule has 7 heteroatoms. The van der Waals surface area contributed by atoms with Crippen LogP contribution in [0.1, 0.15) is 18.7 Å². The van der Waals surface area contributed by atoms with Gasteiger partial charge >= 0.3 is 5.97 Å². The van der Waals surface area contributed by atoms with Crippen LogP contribution in [0.25, 0.3) is 11.6 Å². The molecule has 2 aromatic heterocycles. The van der Waals surface area contributed by atoms with Crippen LogP contribution >= 0.6 is 0 Å². The minimum atomic E-state index is -0.849. The van der Waals surface area contributed by atoms with E-state index in [1.165, 1.54) is 6.26 Å². The SMILES string of the molecule is O=C(O)CN(Cc1nc(-c2ccco2)no1)C1CC1. The monoisotopic (exact) mass is 263 g/mol. The smallest absolute Gasteiger partial charge is 0.317 e. The zero-order chi connectivity index (χ0) is 13.2. The van der Waals surface area contributed by atoms with Crippen LogP contribution in [0.2, 0.25) is 0 Å². The van der Waals surface area contributed by atoms with E-state index in [1.54, 1.807) is 12.1 Å². The van der Waals surface area contributed by atoms with Crippen molar-refractivity contribution < 1.29 is 18.8 Å². The highest BCUT2D eigenvalue weighted by Crippen LogP contribution is 2.28. The number of nitrogens with zero attached hydrogens (tertiary/aromatic N) is 3. The molecule has 1 aliphatic rings. The van der Waals surface area contributed by atoms with Crippen molar-refractivity contribution in [1.82, 2.24) is 15.0 Å². The lowest BCUT2D eigenvalue weighted by atomic mass is 10.4. The van der Waals surface area contributed by atoms with Gasteiger partial charge in [-0.1, -0.05) is 5.16 Å². The molecule has 0 aromatic carbocycles. The molecule has 0 saturated heterocycles. The summed E-state index contributed by atoms with van der Waals surface area (Å²) in [4.78, 5) is 16.8. The first-order valence-electron chi connectivity index (χ1n) is 6.04. The van der Waals surface area contributed by atoms with Gasteiger partial charge in [0.2, 0.25) is 11.7 Å². The van der Waals surface area contributed by atoms with Crippen LogP contribution in [0.15, 0.2) is 27.3 Å². The summed E-state index contributed by atoms with van der Waals surface area (Å²) in [6, 6.07) is 3.80. The van der Waals surface area contributed by atoms with Crippen LogP contribution in [-0.2, 0) is 11.3 Å². The second kappa shape index (κ2) is 4.85. The van der Waals surface area contributed by atoms with E-state index in [4.69, 9.17) is 14.0 Å². The van der Waals surface area contributed by atoms with Gasteiger partial charge < -0.3 is 14.0 Å². The molecule has 0 radical (unpaired) electrons. The van der Waals surface area contributed by atoms with Crippen molar-refractivity contribution in [2.24, 2.45) is 0 Å². The molecule has 7 nitrogen and oxygen atoms in total. The standard InChI is InChI=1S/C12H13N3O4/c16-11(17)7-15(8-3-4-8)6-10-13-12(14-19-10)9-2-1-5-18-9/h1-2,5,8H,3-4,6-7H2,(H,16,17). The van der Waals surface area contributed by atoms with E-state index in [0.29, 0.717) is 30.1 Å². The number of carboxylic acids is 1. The second-order valence-electron chi connectivity index (χ2n) is 4.52. The number of hydrogen-bond acceptors (Lipinski definition) is 6. The Balaban J connectivity index is 1.70. The van der Waals surface area contributed by atoms with Crippen molar-refractivity contribution in [3.8, 4) is 11.6 Å². The van der Waals surface area contributed by atoms with Crippen LogP contribution in [0, 0.1) is 0 Å². The fourth-order valence-corrected chi connectivity index (χ4v) is 1.93. The molecule has 19 heavy (non-hydrogen) atoms. The van der Waals surface area contributed by atoms with Crippen LogP contribution in [0.5, 0.6) is 0 Å². The highest BCUT2D eigenvalue weighted by molar-refractivity contribution is 5.69. The minimum absolute atomic E-state index is 0.0108. The predicted octanol–water partition coefficient (Wildman–Crippen LogP) is 1.38. The fraction of sp³-hybridized carbons (Fsp3) is 0.417. The molecule has 0 aliphatic heterocycles. The van der Waals surface area contributed by atoms with Crippen molar-refractivity contribution >= 4 is 5.97 Å². The highest BCUT2D eigenvalue weighted by atomic mass is 16.5. The van der Waals surface area contributed by atoms with E-state index < -0.39 is 5.97 Å². The summed E-state index contributed by atoms with van der Waals surface area (Å²) in [6.45, 7) is 0.341. The number of carboxylic acid groups (broad SMARTS) is 1. The van der Waals surface area contributed by atoms with Gasteiger partial charge in [-0.3, -0.25) is 9.69 Å². The van der Waals surface area contributed by atoms with E-state index in [1.807, 2.05) is 4.90 Å². The zero-order valence-electron chi connectivity index (χ0n) is 10.2. The molecule has 2 aromatic rings. The molecular formula is C12H13N3O4. The van der Waals surface area contributed by atoms with E-state index >= 15 is 0 Å². The molecule has 1 fully saturated rings. The Morgan fingerprint density at radius 2 is 2.37 bits per heavy atom. The number of aromatic nitrogens is 2. The summed E-state index contributed by atoms with van der Waals surface area (Å²) in [7, 11) is 0. The maximum absolute atomic E-state index is 10.8. The molecule has 2 heterocycles.